The van der Waals surface area contributed by atoms with E-state index in [0.29, 0.717) is 0 Å². The number of rotatable bonds is 3. The van der Waals surface area contributed by atoms with Crippen molar-refractivity contribution >= 4 is 11.7 Å². The fourth-order valence-corrected chi connectivity index (χ4v) is 2.20. The first-order valence-corrected chi connectivity index (χ1v) is 6.49. The summed E-state index contributed by atoms with van der Waals surface area (Å²) in [5.41, 5.74) is 3.18. The molecule has 0 aliphatic heterocycles. The first-order valence-electron chi connectivity index (χ1n) is 6.49. The van der Waals surface area contributed by atoms with E-state index in [-0.39, 0.29) is 18.1 Å². The molecule has 0 atom stereocenters. The lowest BCUT2D eigenvalue weighted by atomic mass is 10.1. The van der Waals surface area contributed by atoms with Gasteiger partial charge in [0.05, 0.1) is 0 Å². The molecule has 1 aromatic carbocycles. The number of anilines is 1. The number of nitrogens with one attached hydrogen (secondary N) is 1. The smallest absolute Gasteiger partial charge is 0.320 e. The van der Waals surface area contributed by atoms with Crippen LogP contribution >= 0.6 is 0 Å². The molecule has 1 rings (SSSR count). The lowest BCUT2D eigenvalue weighted by Gasteiger charge is -2.31. The maximum absolute atomic E-state index is 12.2. The number of aryl methyl sites for hydroxylation is 2. The standard InChI is InChI=1S/C15H24N2O/c1-10(2)17(11(3)4)15(18)16-14-8-7-12(5)9-13(14)6/h7-11H,1-6H3,(H,16,18). The van der Waals surface area contributed by atoms with Gasteiger partial charge in [-0.1, -0.05) is 17.7 Å². The quantitative estimate of drug-likeness (QED) is 0.863. The second-order valence-electron chi connectivity index (χ2n) is 5.34. The van der Waals surface area contributed by atoms with E-state index in [1.807, 2.05) is 58.6 Å². The normalized spacial score (nSPS) is 10.9. The zero-order valence-corrected chi connectivity index (χ0v) is 12.2. The van der Waals surface area contributed by atoms with Crippen molar-refractivity contribution < 1.29 is 4.79 Å². The average Bonchev–Trinajstić information content (AvgIpc) is 2.21. The Balaban J connectivity index is 2.86. The van der Waals surface area contributed by atoms with Gasteiger partial charge < -0.3 is 10.2 Å². The Kier molecular flexibility index (Phi) is 4.76. The number of nitrogens with zero attached hydrogens (tertiary/aromatic N) is 1. The molecule has 2 amide bonds. The van der Waals surface area contributed by atoms with E-state index in [2.05, 4.69) is 11.4 Å². The molecular weight excluding hydrogens is 224 g/mol. The third-order valence-corrected chi connectivity index (χ3v) is 2.97. The summed E-state index contributed by atoms with van der Waals surface area (Å²) in [6.45, 7) is 12.2. The summed E-state index contributed by atoms with van der Waals surface area (Å²) in [6, 6.07) is 6.39. The van der Waals surface area contributed by atoms with Gasteiger partial charge in [0.15, 0.2) is 0 Å². The second-order valence-corrected chi connectivity index (χ2v) is 5.34. The molecule has 0 saturated heterocycles. The first kappa shape index (κ1) is 14.6. The Hall–Kier alpha value is -1.51. The lowest BCUT2D eigenvalue weighted by Crippen LogP contribution is -2.44. The molecule has 0 aliphatic carbocycles. The molecule has 0 fully saturated rings. The van der Waals surface area contributed by atoms with Crippen LogP contribution in [0.1, 0.15) is 38.8 Å². The average molecular weight is 248 g/mol. The predicted molar refractivity (Wildman–Crippen MR) is 77.0 cm³/mol. The summed E-state index contributed by atoms with van der Waals surface area (Å²) in [6.07, 6.45) is 0. The summed E-state index contributed by atoms with van der Waals surface area (Å²) in [5.74, 6) is 0. The Bertz CT molecular complexity index is 417. The molecule has 100 valence electrons. The van der Waals surface area contributed by atoms with Gasteiger partial charge in [-0.25, -0.2) is 4.79 Å². The third-order valence-electron chi connectivity index (χ3n) is 2.97. The predicted octanol–water partition coefficient (Wildman–Crippen LogP) is 3.95. The highest BCUT2D eigenvalue weighted by Crippen LogP contribution is 2.17. The summed E-state index contributed by atoms with van der Waals surface area (Å²) in [7, 11) is 0. The van der Waals surface area contributed by atoms with E-state index in [9.17, 15) is 4.79 Å². The monoisotopic (exact) mass is 248 g/mol. The number of urea groups is 1. The van der Waals surface area contributed by atoms with Crippen LogP contribution in [0, 0.1) is 13.8 Å². The molecule has 0 bridgehead atoms. The van der Waals surface area contributed by atoms with Gasteiger partial charge in [-0.3, -0.25) is 0 Å². The van der Waals surface area contributed by atoms with Gasteiger partial charge in [-0.2, -0.15) is 0 Å². The largest absolute Gasteiger partial charge is 0.322 e. The van der Waals surface area contributed by atoms with Gasteiger partial charge in [0.1, 0.15) is 0 Å². The van der Waals surface area contributed by atoms with Crippen molar-refractivity contribution in [1.29, 1.82) is 0 Å². The van der Waals surface area contributed by atoms with Crippen molar-refractivity contribution in [2.75, 3.05) is 5.32 Å². The van der Waals surface area contributed by atoms with E-state index < -0.39 is 0 Å². The molecule has 3 nitrogen and oxygen atoms in total. The molecule has 0 unspecified atom stereocenters. The molecule has 1 N–H and O–H groups in total. The topological polar surface area (TPSA) is 32.3 Å². The van der Waals surface area contributed by atoms with Crippen LogP contribution in [0.15, 0.2) is 18.2 Å². The van der Waals surface area contributed by atoms with Crippen molar-refractivity contribution in [1.82, 2.24) is 4.90 Å². The van der Waals surface area contributed by atoms with Gasteiger partial charge in [0.2, 0.25) is 0 Å². The van der Waals surface area contributed by atoms with Crippen LogP contribution in [0.25, 0.3) is 0 Å². The highest BCUT2D eigenvalue weighted by atomic mass is 16.2. The first-order chi connectivity index (χ1) is 8.32. The highest BCUT2D eigenvalue weighted by molar-refractivity contribution is 5.90. The van der Waals surface area contributed by atoms with Crippen LogP contribution in [0.5, 0.6) is 0 Å². The molecule has 1 aromatic rings. The van der Waals surface area contributed by atoms with Gasteiger partial charge in [0, 0.05) is 17.8 Å². The van der Waals surface area contributed by atoms with Crippen LogP contribution in [-0.4, -0.2) is 23.0 Å². The third kappa shape index (κ3) is 3.49. The number of hydrogen-bond acceptors (Lipinski definition) is 1. The summed E-state index contributed by atoms with van der Waals surface area (Å²) in [4.78, 5) is 14.1. The number of carbonyl (C=O) groups is 1. The van der Waals surface area contributed by atoms with Gasteiger partial charge in [0.25, 0.3) is 0 Å². The molecule has 18 heavy (non-hydrogen) atoms. The fraction of sp³-hybridized carbons (Fsp3) is 0.533. The Labute approximate surface area is 110 Å². The Morgan fingerprint density at radius 2 is 1.67 bits per heavy atom. The van der Waals surface area contributed by atoms with E-state index in [0.717, 1.165) is 11.3 Å². The van der Waals surface area contributed by atoms with Gasteiger partial charge in [-0.15, -0.1) is 0 Å². The Morgan fingerprint density at radius 3 is 2.11 bits per heavy atom. The SMILES string of the molecule is Cc1ccc(NC(=O)N(C(C)C)C(C)C)c(C)c1. The fourth-order valence-electron chi connectivity index (χ4n) is 2.20. The Morgan fingerprint density at radius 1 is 1.11 bits per heavy atom. The molecule has 3 heteroatoms. The van der Waals surface area contributed by atoms with Crippen molar-refractivity contribution in [2.45, 2.75) is 53.6 Å². The van der Waals surface area contributed by atoms with Gasteiger partial charge in [-0.05, 0) is 53.2 Å². The zero-order chi connectivity index (χ0) is 13.9. The van der Waals surface area contributed by atoms with Crippen LogP contribution in [0.4, 0.5) is 10.5 Å². The minimum Gasteiger partial charge on any atom is -0.320 e. The van der Waals surface area contributed by atoms with E-state index in [4.69, 9.17) is 0 Å². The molecule has 0 aliphatic rings. The minimum atomic E-state index is -0.0352. The molecule has 0 saturated carbocycles. The van der Waals surface area contributed by atoms with Crippen molar-refractivity contribution in [3.05, 3.63) is 29.3 Å². The molecule has 0 heterocycles. The molecule has 0 radical (unpaired) electrons. The summed E-state index contributed by atoms with van der Waals surface area (Å²) < 4.78 is 0. The zero-order valence-electron chi connectivity index (χ0n) is 12.2. The second kappa shape index (κ2) is 5.89. The number of benzene rings is 1. The van der Waals surface area contributed by atoms with Crippen LogP contribution in [0.2, 0.25) is 0 Å². The number of amides is 2. The van der Waals surface area contributed by atoms with E-state index >= 15 is 0 Å². The van der Waals surface area contributed by atoms with Crippen LogP contribution < -0.4 is 5.32 Å². The van der Waals surface area contributed by atoms with Crippen LogP contribution in [-0.2, 0) is 0 Å². The van der Waals surface area contributed by atoms with Crippen molar-refractivity contribution in [3.8, 4) is 0 Å². The maximum Gasteiger partial charge on any atom is 0.322 e. The molecule has 0 spiro atoms. The van der Waals surface area contributed by atoms with Gasteiger partial charge >= 0.3 is 6.03 Å². The van der Waals surface area contributed by atoms with E-state index in [1.165, 1.54) is 5.56 Å². The minimum absolute atomic E-state index is 0.0352. The van der Waals surface area contributed by atoms with Crippen LogP contribution in [0.3, 0.4) is 0 Å². The van der Waals surface area contributed by atoms with Crippen molar-refractivity contribution in [2.24, 2.45) is 0 Å². The summed E-state index contributed by atoms with van der Waals surface area (Å²) in [5, 5.41) is 2.99. The maximum atomic E-state index is 12.2. The molecular formula is C15H24N2O. The number of hydrogen-bond donors (Lipinski definition) is 1. The molecule has 0 aromatic heterocycles. The van der Waals surface area contributed by atoms with Crippen molar-refractivity contribution in [3.63, 3.8) is 0 Å². The summed E-state index contributed by atoms with van der Waals surface area (Å²) >= 11 is 0. The van der Waals surface area contributed by atoms with E-state index in [1.54, 1.807) is 0 Å². The lowest BCUT2D eigenvalue weighted by molar-refractivity contribution is 0.178. The highest BCUT2D eigenvalue weighted by Gasteiger charge is 2.20. The number of carbonyl (C=O) groups excluding carboxylic acids is 1.